The molecule has 1 aliphatic heterocycles. The normalized spacial score (nSPS) is 19.4. The number of carboxylic acids is 1. The minimum absolute atomic E-state index is 0.0398. The Morgan fingerprint density at radius 1 is 1.50 bits per heavy atom. The molecule has 1 aliphatic rings. The fourth-order valence-electron chi connectivity index (χ4n) is 1.27. The first-order chi connectivity index (χ1) is 6.79. The average molecular weight is 189 g/mol. The van der Waals surface area contributed by atoms with Crippen molar-refractivity contribution in [3.05, 3.63) is 30.1 Å². The van der Waals surface area contributed by atoms with Crippen molar-refractivity contribution in [2.24, 2.45) is 10.2 Å². The summed E-state index contributed by atoms with van der Waals surface area (Å²) in [5.41, 5.74) is 0.827. The van der Waals surface area contributed by atoms with Gasteiger partial charge in [-0.1, -0.05) is 6.07 Å². The van der Waals surface area contributed by atoms with Crippen LogP contribution in [0.25, 0.3) is 0 Å². The van der Waals surface area contributed by atoms with E-state index in [1.807, 2.05) is 0 Å². The molecule has 1 N–H and O–H groups in total. The number of pyridine rings is 1. The molecule has 0 bridgehead atoms. The highest BCUT2D eigenvalue weighted by atomic mass is 16.4. The van der Waals surface area contributed by atoms with Crippen LogP contribution in [0.1, 0.15) is 11.5 Å². The zero-order valence-electron chi connectivity index (χ0n) is 7.16. The maximum absolute atomic E-state index is 10.8. The molecule has 0 aromatic carbocycles. The molecule has 2 heterocycles. The van der Waals surface area contributed by atoms with Gasteiger partial charge >= 0.3 is 5.97 Å². The van der Waals surface area contributed by atoms with Gasteiger partial charge in [0.05, 0.1) is 5.92 Å². The van der Waals surface area contributed by atoms with Gasteiger partial charge in [-0.25, -0.2) is 4.79 Å². The Balaban J connectivity index is 2.33. The lowest BCUT2D eigenvalue weighted by molar-refractivity contribution is -0.129. The van der Waals surface area contributed by atoms with Crippen molar-refractivity contribution in [2.75, 3.05) is 0 Å². The predicted octanol–water partition coefficient (Wildman–Crippen LogP) is 0.690. The number of carboxylic acid groups (broad SMARTS) is 1. The van der Waals surface area contributed by atoms with Crippen molar-refractivity contribution in [2.45, 2.75) is 5.92 Å². The molecule has 0 spiro atoms. The quantitative estimate of drug-likeness (QED) is 0.743. The summed E-state index contributed by atoms with van der Waals surface area (Å²) in [6.45, 7) is 0. The van der Waals surface area contributed by atoms with Crippen molar-refractivity contribution in [3.63, 3.8) is 0 Å². The Hall–Kier alpha value is -2.04. The minimum atomic E-state index is -1.05. The smallest absolute Gasteiger partial charge is 0.353 e. The van der Waals surface area contributed by atoms with Gasteiger partial charge in [-0.05, 0) is 11.6 Å². The maximum atomic E-state index is 10.8. The van der Waals surface area contributed by atoms with E-state index in [0.29, 0.717) is 0 Å². The van der Waals surface area contributed by atoms with Crippen LogP contribution in [-0.4, -0.2) is 28.0 Å². The SMILES string of the molecule is O=C(O)C1=NN=CC1c1cccnc1. The summed E-state index contributed by atoms with van der Waals surface area (Å²) in [6.07, 6.45) is 4.74. The summed E-state index contributed by atoms with van der Waals surface area (Å²) in [5.74, 6) is -1.42. The van der Waals surface area contributed by atoms with E-state index in [1.165, 1.54) is 6.21 Å². The molecule has 5 heteroatoms. The molecule has 1 atom stereocenters. The van der Waals surface area contributed by atoms with Crippen molar-refractivity contribution in [1.82, 2.24) is 4.98 Å². The van der Waals surface area contributed by atoms with E-state index < -0.39 is 5.97 Å². The van der Waals surface area contributed by atoms with Crippen molar-refractivity contribution in [3.8, 4) is 0 Å². The summed E-state index contributed by atoms with van der Waals surface area (Å²) in [4.78, 5) is 14.7. The van der Waals surface area contributed by atoms with Crippen LogP contribution in [0.4, 0.5) is 0 Å². The van der Waals surface area contributed by atoms with Crippen LogP contribution in [0.5, 0.6) is 0 Å². The third kappa shape index (κ3) is 1.39. The molecule has 0 amide bonds. The van der Waals surface area contributed by atoms with Crippen molar-refractivity contribution >= 4 is 17.9 Å². The Kier molecular flexibility index (Phi) is 2.06. The molecule has 0 fully saturated rings. The highest BCUT2D eigenvalue weighted by Gasteiger charge is 2.26. The maximum Gasteiger partial charge on any atom is 0.353 e. The largest absolute Gasteiger partial charge is 0.477 e. The lowest BCUT2D eigenvalue weighted by Crippen LogP contribution is -2.20. The molecule has 70 valence electrons. The van der Waals surface area contributed by atoms with Crippen LogP contribution in [0.3, 0.4) is 0 Å². The summed E-state index contributed by atoms with van der Waals surface area (Å²) in [7, 11) is 0. The zero-order chi connectivity index (χ0) is 9.97. The van der Waals surface area contributed by atoms with Gasteiger partial charge < -0.3 is 5.11 Å². The minimum Gasteiger partial charge on any atom is -0.477 e. The highest BCUT2D eigenvalue weighted by molar-refractivity contribution is 6.42. The molecule has 0 saturated heterocycles. The summed E-state index contributed by atoms with van der Waals surface area (Å²) in [5, 5.41) is 16.0. The van der Waals surface area contributed by atoms with Crippen LogP contribution >= 0.6 is 0 Å². The van der Waals surface area contributed by atoms with Gasteiger partial charge in [-0.3, -0.25) is 4.98 Å². The number of hydrogen-bond acceptors (Lipinski definition) is 4. The molecule has 5 nitrogen and oxygen atoms in total. The molecule has 0 radical (unpaired) electrons. The van der Waals surface area contributed by atoms with Crippen LogP contribution in [0.2, 0.25) is 0 Å². The Labute approximate surface area is 79.8 Å². The third-order valence-corrected chi connectivity index (χ3v) is 1.94. The fourth-order valence-corrected chi connectivity index (χ4v) is 1.27. The molecule has 1 aromatic rings. The number of carbonyl (C=O) groups is 1. The van der Waals surface area contributed by atoms with Gasteiger partial charge in [0.1, 0.15) is 0 Å². The Morgan fingerprint density at radius 3 is 3.00 bits per heavy atom. The number of hydrogen-bond donors (Lipinski definition) is 1. The standard InChI is InChI=1S/C9H7N3O2/c13-9(14)8-7(5-11-12-8)6-2-1-3-10-4-6/h1-5,7H,(H,13,14). The van der Waals surface area contributed by atoms with Gasteiger partial charge in [-0.2, -0.15) is 5.10 Å². The number of aromatic nitrogens is 1. The van der Waals surface area contributed by atoms with Gasteiger partial charge in [0.15, 0.2) is 5.71 Å². The van der Waals surface area contributed by atoms with E-state index in [1.54, 1.807) is 24.5 Å². The number of rotatable bonds is 2. The van der Waals surface area contributed by atoms with E-state index in [4.69, 9.17) is 5.11 Å². The number of nitrogens with zero attached hydrogens (tertiary/aromatic N) is 3. The van der Waals surface area contributed by atoms with E-state index in [9.17, 15) is 4.79 Å². The average Bonchev–Trinajstić information content (AvgIpc) is 2.67. The molecule has 1 aromatic heterocycles. The molecule has 2 rings (SSSR count). The number of aliphatic carboxylic acids is 1. The van der Waals surface area contributed by atoms with Gasteiger partial charge in [-0.15, -0.1) is 5.10 Å². The summed E-state index contributed by atoms with van der Waals surface area (Å²) >= 11 is 0. The monoisotopic (exact) mass is 189 g/mol. The molecule has 14 heavy (non-hydrogen) atoms. The van der Waals surface area contributed by atoms with E-state index >= 15 is 0 Å². The van der Waals surface area contributed by atoms with Crippen LogP contribution in [0.15, 0.2) is 34.7 Å². The van der Waals surface area contributed by atoms with Crippen LogP contribution in [0, 0.1) is 0 Å². The lowest BCUT2D eigenvalue weighted by atomic mass is 9.97. The van der Waals surface area contributed by atoms with E-state index in [2.05, 4.69) is 15.2 Å². The first-order valence-electron chi connectivity index (χ1n) is 4.03. The molecule has 1 unspecified atom stereocenters. The molecule has 0 saturated carbocycles. The Morgan fingerprint density at radius 2 is 2.36 bits per heavy atom. The van der Waals surface area contributed by atoms with E-state index in [-0.39, 0.29) is 11.6 Å². The lowest BCUT2D eigenvalue weighted by Gasteiger charge is -2.05. The van der Waals surface area contributed by atoms with Crippen LogP contribution in [-0.2, 0) is 4.79 Å². The zero-order valence-corrected chi connectivity index (χ0v) is 7.16. The van der Waals surface area contributed by atoms with Crippen molar-refractivity contribution in [1.29, 1.82) is 0 Å². The van der Waals surface area contributed by atoms with Gasteiger partial charge in [0.2, 0.25) is 0 Å². The molecule has 0 aliphatic carbocycles. The summed E-state index contributed by atoms with van der Waals surface area (Å²) in [6, 6.07) is 3.55. The third-order valence-electron chi connectivity index (χ3n) is 1.94. The van der Waals surface area contributed by atoms with Crippen LogP contribution < -0.4 is 0 Å². The molecular weight excluding hydrogens is 182 g/mol. The molecular formula is C9H7N3O2. The van der Waals surface area contributed by atoms with Gasteiger partial charge in [0, 0.05) is 18.6 Å². The second-order valence-electron chi connectivity index (χ2n) is 2.82. The topological polar surface area (TPSA) is 74.9 Å². The Bertz CT molecular complexity index is 411. The second kappa shape index (κ2) is 3.37. The van der Waals surface area contributed by atoms with Crippen molar-refractivity contribution < 1.29 is 9.90 Å². The second-order valence-corrected chi connectivity index (χ2v) is 2.82. The predicted molar refractivity (Wildman–Crippen MR) is 50.5 cm³/mol. The highest BCUT2D eigenvalue weighted by Crippen LogP contribution is 2.18. The first kappa shape index (κ1) is 8.55. The summed E-state index contributed by atoms with van der Waals surface area (Å²) < 4.78 is 0. The van der Waals surface area contributed by atoms with E-state index in [0.717, 1.165) is 5.56 Å². The fraction of sp³-hybridized carbons (Fsp3) is 0.111. The van der Waals surface area contributed by atoms with Gasteiger partial charge in [0.25, 0.3) is 0 Å². The first-order valence-corrected chi connectivity index (χ1v) is 4.03.